The van der Waals surface area contributed by atoms with E-state index in [1.54, 1.807) is 0 Å². The number of benzene rings is 1. The molecule has 1 saturated heterocycles. The molecule has 1 unspecified atom stereocenters. The zero-order valence-corrected chi connectivity index (χ0v) is 9.62. The number of nitrogens with one attached hydrogen (secondary N) is 1. The van der Waals surface area contributed by atoms with Crippen molar-refractivity contribution in [3.05, 3.63) is 38.9 Å². The summed E-state index contributed by atoms with van der Waals surface area (Å²) in [5, 5.41) is 14.3. The third-order valence-electron chi connectivity index (χ3n) is 3.16. The molecule has 0 aromatic heterocycles. The van der Waals surface area contributed by atoms with Gasteiger partial charge in [0.15, 0.2) is 0 Å². The van der Waals surface area contributed by atoms with Gasteiger partial charge in [0, 0.05) is 17.2 Å². The third-order valence-corrected chi connectivity index (χ3v) is 3.16. The molecule has 0 bridgehead atoms. The van der Waals surface area contributed by atoms with Gasteiger partial charge in [0.2, 0.25) is 0 Å². The van der Waals surface area contributed by atoms with Gasteiger partial charge in [-0.1, -0.05) is 0 Å². The van der Waals surface area contributed by atoms with Gasteiger partial charge in [-0.3, -0.25) is 10.1 Å². The van der Waals surface area contributed by atoms with E-state index in [-0.39, 0.29) is 10.6 Å². The Balaban J connectivity index is 2.40. The van der Waals surface area contributed by atoms with Gasteiger partial charge in [0.05, 0.1) is 4.92 Å². The van der Waals surface area contributed by atoms with Gasteiger partial charge < -0.3 is 5.32 Å². The molecule has 0 spiro atoms. The van der Waals surface area contributed by atoms with E-state index in [1.807, 2.05) is 26.0 Å². The summed E-state index contributed by atoms with van der Waals surface area (Å²) in [6, 6.07) is 4.25. The second-order valence-corrected chi connectivity index (χ2v) is 4.41. The molecule has 86 valence electrons. The molecule has 1 heterocycles. The number of nitro benzene ring substituents is 1. The second-order valence-electron chi connectivity index (χ2n) is 4.41. The normalized spacial score (nSPS) is 20.0. The van der Waals surface area contributed by atoms with Gasteiger partial charge >= 0.3 is 0 Å². The Morgan fingerprint density at radius 1 is 1.38 bits per heavy atom. The van der Waals surface area contributed by atoms with Gasteiger partial charge in [0.25, 0.3) is 5.69 Å². The molecule has 4 nitrogen and oxygen atoms in total. The molecule has 0 aliphatic carbocycles. The number of rotatable bonds is 2. The Morgan fingerprint density at radius 3 is 2.44 bits per heavy atom. The Kier molecular flexibility index (Phi) is 2.92. The minimum atomic E-state index is -0.295. The van der Waals surface area contributed by atoms with Crippen molar-refractivity contribution in [3.63, 3.8) is 0 Å². The van der Waals surface area contributed by atoms with Crippen LogP contribution >= 0.6 is 0 Å². The first-order chi connectivity index (χ1) is 7.59. The summed E-state index contributed by atoms with van der Waals surface area (Å²) in [6.45, 7) is 4.66. The van der Waals surface area contributed by atoms with Gasteiger partial charge in [-0.15, -0.1) is 0 Å². The molecule has 1 aromatic rings. The molecule has 0 saturated carbocycles. The first kappa shape index (κ1) is 11.1. The van der Waals surface area contributed by atoms with Crippen LogP contribution in [0.15, 0.2) is 12.1 Å². The van der Waals surface area contributed by atoms with Gasteiger partial charge in [-0.2, -0.15) is 0 Å². The van der Waals surface area contributed by atoms with Gasteiger partial charge in [-0.25, -0.2) is 0 Å². The average molecular weight is 220 g/mol. The molecule has 16 heavy (non-hydrogen) atoms. The van der Waals surface area contributed by atoms with Crippen molar-refractivity contribution in [2.45, 2.75) is 32.7 Å². The highest BCUT2D eigenvalue weighted by molar-refractivity contribution is 5.49. The third kappa shape index (κ3) is 1.93. The van der Waals surface area contributed by atoms with Crippen molar-refractivity contribution in [1.82, 2.24) is 5.32 Å². The minimum Gasteiger partial charge on any atom is -0.310 e. The Morgan fingerprint density at radius 2 is 2.00 bits per heavy atom. The Bertz CT molecular complexity index is 400. The summed E-state index contributed by atoms with van der Waals surface area (Å²) in [5.74, 6) is 0. The van der Waals surface area contributed by atoms with Crippen molar-refractivity contribution in [2.75, 3.05) is 6.54 Å². The fourth-order valence-electron chi connectivity index (χ4n) is 2.45. The first-order valence-corrected chi connectivity index (χ1v) is 5.58. The van der Waals surface area contributed by atoms with Crippen molar-refractivity contribution in [2.24, 2.45) is 0 Å². The van der Waals surface area contributed by atoms with Crippen molar-refractivity contribution in [1.29, 1.82) is 0 Å². The molecule has 1 aliphatic rings. The zero-order chi connectivity index (χ0) is 11.7. The number of aryl methyl sites for hydroxylation is 2. The van der Waals surface area contributed by atoms with Crippen LogP contribution in [0, 0.1) is 24.0 Å². The standard InChI is InChI=1S/C12H16N2O2/c1-8-6-10(11-4-3-5-13-11)7-9(2)12(8)14(15)16/h6-7,11,13H,3-5H2,1-2H3. The average Bonchev–Trinajstić information content (AvgIpc) is 2.67. The van der Waals surface area contributed by atoms with E-state index >= 15 is 0 Å². The molecule has 2 rings (SSSR count). The molecule has 0 amide bonds. The van der Waals surface area contributed by atoms with Crippen molar-refractivity contribution in [3.8, 4) is 0 Å². The number of hydrogen-bond acceptors (Lipinski definition) is 3. The van der Waals surface area contributed by atoms with E-state index in [0.29, 0.717) is 6.04 Å². The molecule has 4 heteroatoms. The van der Waals surface area contributed by atoms with Gasteiger partial charge in [-0.05, 0) is 50.9 Å². The van der Waals surface area contributed by atoms with Crippen LogP contribution in [0.5, 0.6) is 0 Å². The highest BCUT2D eigenvalue weighted by Gasteiger charge is 2.21. The van der Waals surface area contributed by atoms with E-state index in [9.17, 15) is 10.1 Å². The molecule has 1 aromatic carbocycles. The summed E-state index contributed by atoms with van der Waals surface area (Å²) in [7, 11) is 0. The maximum absolute atomic E-state index is 10.9. The van der Waals surface area contributed by atoms with Crippen LogP contribution in [0.3, 0.4) is 0 Å². The molecule has 1 fully saturated rings. The lowest BCUT2D eigenvalue weighted by Gasteiger charge is -2.12. The van der Waals surface area contributed by atoms with Crippen LogP contribution in [-0.4, -0.2) is 11.5 Å². The van der Waals surface area contributed by atoms with Crippen LogP contribution in [0.25, 0.3) is 0 Å². The van der Waals surface area contributed by atoms with E-state index in [0.717, 1.165) is 24.1 Å². The smallest absolute Gasteiger partial charge is 0.275 e. The SMILES string of the molecule is Cc1cc(C2CCCN2)cc(C)c1[N+](=O)[O-]. The lowest BCUT2D eigenvalue weighted by Crippen LogP contribution is -2.13. The quantitative estimate of drug-likeness (QED) is 0.615. The van der Waals surface area contributed by atoms with Crippen LogP contribution < -0.4 is 5.32 Å². The van der Waals surface area contributed by atoms with E-state index < -0.39 is 0 Å². The van der Waals surface area contributed by atoms with Crippen LogP contribution in [0.4, 0.5) is 5.69 Å². The first-order valence-electron chi connectivity index (χ1n) is 5.58. The largest absolute Gasteiger partial charge is 0.310 e. The Labute approximate surface area is 94.8 Å². The topological polar surface area (TPSA) is 55.2 Å². The van der Waals surface area contributed by atoms with E-state index in [1.165, 1.54) is 12.0 Å². The van der Waals surface area contributed by atoms with Gasteiger partial charge in [0.1, 0.15) is 0 Å². The molecule has 1 N–H and O–H groups in total. The number of nitro groups is 1. The second kappa shape index (κ2) is 4.22. The Hall–Kier alpha value is -1.42. The maximum atomic E-state index is 10.9. The molecule has 1 aliphatic heterocycles. The fraction of sp³-hybridized carbons (Fsp3) is 0.500. The summed E-state index contributed by atoms with van der Waals surface area (Å²) in [4.78, 5) is 10.6. The minimum absolute atomic E-state index is 0.252. The lowest BCUT2D eigenvalue weighted by molar-refractivity contribution is -0.386. The van der Waals surface area contributed by atoms with Crippen molar-refractivity contribution < 1.29 is 4.92 Å². The molecular weight excluding hydrogens is 204 g/mol. The van der Waals surface area contributed by atoms with E-state index in [4.69, 9.17) is 0 Å². The van der Waals surface area contributed by atoms with Crippen LogP contribution in [0.2, 0.25) is 0 Å². The predicted octanol–water partition coefficient (Wildman–Crippen LogP) is 2.64. The monoisotopic (exact) mass is 220 g/mol. The maximum Gasteiger partial charge on any atom is 0.275 e. The molecule has 1 atom stereocenters. The summed E-state index contributed by atoms with van der Waals surface area (Å²) < 4.78 is 0. The predicted molar refractivity (Wildman–Crippen MR) is 62.5 cm³/mol. The number of nitrogens with zero attached hydrogens (tertiary/aromatic N) is 1. The fourth-order valence-corrected chi connectivity index (χ4v) is 2.45. The summed E-state index contributed by atoms with van der Waals surface area (Å²) >= 11 is 0. The van der Waals surface area contributed by atoms with Crippen LogP contribution in [0.1, 0.15) is 35.6 Å². The van der Waals surface area contributed by atoms with E-state index in [2.05, 4.69) is 5.32 Å². The highest BCUT2D eigenvalue weighted by Crippen LogP contribution is 2.30. The number of hydrogen-bond donors (Lipinski definition) is 1. The molecular formula is C12H16N2O2. The summed E-state index contributed by atoms with van der Waals surface area (Å²) in [6.07, 6.45) is 2.30. The summed E-state index contributed by atoms with van der Waals surface area (Å²) in [5.41, 5.74) is 2.95. The lowest BCUT2D eigenvalue weighted by atomic mass is 9.98. The zero-order valence-electron chi connectivity index (χ0n) is 9.62. The molecule has 0 radical (unpaired) electrons. The highest BCUT2D eigenvalue weighted by atomic mass is 16.6. The van der Waals surface area contributed by atoms with Crippen molar-refractivity contribution >= 4 is 5.69 Å². The van der Waals surface area contributed by atoms with Crippen LogP contribution in [-0.2, 0) is 0 Å².